The highest BCUT2D eigenvalue weighted by atomic mass is 32.2. The molecule has 0 radical (unpaired) electrons. The minimum atomic E-state index is -4.26. The SMILES string of the molecule is O=C(N1CC2(CC2)[C@H](NS(=O)(=O)CF)[C@@H]1Cc1cccc(-c2ccccc2)c1F)[C@]1(CF)CCO1. The topological polar surface area (TPSA) is 75.7 Å². The van der Waals surface area contributed by atoms with Gasteiger partial charge >= 0.3 is 0 Å². The molecule has 5 rings (SSSR count). The first-order chi connectivity index (χ1) is 16.7. The molecule has 1 amide bonds. The Morgan fingerprint density at radius 3 is 2.37 bits per heavy atom. The monoisotopic (exact) mass is 508 g/mol. The first kappa shape index (κ1) is 24.3. The lowest BCUT2D eigenvalue weighted by molar-refractivity contribution is -0.192. The predicted octanol–water partition coefficient (Wildman–Crippen LogP) is 3.37. The Kier molecular flexibility index (Phi) is 6.17. The lowest BCUT2D eigenvalue weighted by Gasteiger charge is -2.42. The van der Waals surface area contributed by atoms with Crippen molar-refractivity contribution in [1.82, 2.24) is 9.62 Å². The lowest BCUT2D eigenvalue weighted by atomic mass is 9.90. The summed E-state index contributed by atoms with van der Waals surface area (Å²) in [5.41, 5.74) is -0.827. The highest BCUT2D eigenvalue weighted by Crippen LogP contribution is 2.56. The van der Waals surface area contributed by atoms with E-state index in [1.165, 1.54) is 4.90 Å². The van der Waals surface area contributed by atoms with E-state index in [1.807, 2.05) is 6.07 Å². The van der Waals surface area contributed by atoms with Gasteiger partial charge in [0.2, 0.25) is 16.0 Å². The zero-order valence-corrected chi connectivity index (χ0v) is 19.9. The average molecular weight is 509 g/mol. The van der Waals surface area contributed by atoms with Crippen LogP contribution in [0.5, 0.6) is 0 Å². The van der Waals surface area contributed by atoms with Crippen LogP contribution in [0.2, 0.25) is 0 Å². The minimum Gasteiger partial charge on any atom is -0.362 e. The molecule has 3 aliphatic rings. The van der Waals surface area contributed by atoms with Gasteiger partial charge in [0, 0.05) is 30.0 Å². The summed E-state index contributed by atoms with van der Waals surface area (Å²) >= 11 is 0. The van der Waals surface area contributed by atoms with Gasteiger partial charge in [-0.1, -0.05) is 48.5 Å². The van der Waals surface area contributed by atoms with Crippen LogP contribution in [0.4, 0.5) is 13.2 Å². The summed E-state index contributed by atoms with van der Waals surface area (Å²) in [6.07, 6.45) is 1.46. The molecule has 0 bridgehead atoms. The molecule has 2 aromatic carbocycles. The number of carbonyl (C=O) groups excluding carboxylic acids is 1. The Morgan fingerprint density at radius 1 is 1.09 bits per heavy atom. The summed E-state index contributed by atoms with van der Waals surface area (Å²) in [4.78, 5) is 14.9. The number of alkyl halides is 2. The van der Waals surface area contributed by atoms with E-state index in [0.717, 1.165) is 0 Å². The molecule has 6 nitrogen and oxygen atoms in total. The number of ether oxygens (including phenoxy) is 1. The molecule has 1 saturated carbocycles. The van der Waals surface area contributed by atoms with Gasteiger partial charge in [-0.15, -0.1) is 0 Å². The maximum absolute atomic E-state index is 15.7. The highest BCUT2D eigenvalue weighted by Gasteiger charge is 2.63. The number of hydrogen-bond acceptors (Lipinski definition) is 4. The van der Waals surface area contributed by atoms with E-state index in [1.54, 1.807) is 42.5 Å². The van der Waals surface area contributed by atoms with Gasteiger partial charge < -0.3 is 9.64 Å². The van der Waals surface area contributed by atoms with Crippen molar-refractivity contribution in [2.24, 2.45) is 5.41 Å². The van der Waals surface area contributed by atoms with Crippen LogP contribution in [0.1, 0.15) is 24.8 Å². The number of sulfonamides is 1. The molecular formula is C25H27F3N2O4S. The Labute approximate surface area is 202 Å². The molecule has 3 atom stereocenters. The second-order valence-electron chi connectivity index (χ2n) is 9.76. The van der Waals surface area contributed by atoms with E-state index >= 15 is 4.39 Å². The molecule has 1 N–H and O–H groups in total. The van der Waals surface area contributed by atoms with Gasteiger partial charge in [-0.3, -0.25) is 4.79 Å². The third-order valence-corrected chi connectivity index (χ3v) is 8.52. The van der Waals surface area contributed by atoms with Crippen molar-refractivity contribution < 1.29 is 31.1 Å². The number of hydrogen-bond donors (Lipinski definition) is 1. The van der Waals surface area contributed by atoms with Gasteiger partial charge in [0.1, 0.15) is 12.5 Å². The Morgan fingerprint density at radius 2 is 1.80 bits per heavy atom. The van der Waals surface area contributed by atoms with Gasteiger partial charge in [0.05, 0.1) is 12.6 Å². The van der Waals surface area contributed by atoms with Gasteiger partial charge in [0.25, 0.3) is 5.91 Å². The maximum Gasteiger partial charge on any atom is 0.257 e. The van der Waals surface area contributed by atoms with Crippen molar-refractivity contribution in [2.75, 3.05) is 25.8 Å². The first-order valence-electron chi connectivity index (χ1n) is 11.6. The van der Waals surface area contributed by atoms with E-state index < -0.39 is 57.5 Å². The number of amides is 1. The first-order valence-corrected chi connectivity index (χ1v) is 13.3. The molecule has 1 aliphatic carbocycles. The van der Waals surface area contributed by atoms with Gasteiger partial charge in [-0.25, -0.2) is 26.3 Å². The second kappa shape index (κ2) is 8.90. The van der Waals surface area contributed by atoms with Crippen LogP contribution in [-0.4, -0.2) is 62.7 Å². The number of rotatable bonds is 8. The van der Waals surface area contributed by atoms with Crippen molar-refractivity contribution in [2.45, 2.75) is 43.4 Å². The van der Waals surface area contributed by atoms with Gasteiger partial charge in [0.15, 0.2) is 5.60 Å². The fraction of sp³-hybridized carbons (Fsp3) is 0.480. The van der Waals surface area contributed by atoms with Crippen LogP contribution in [-0.2, 0) is 26.0 Å². The van der Waals surface area contributed by atoms with Gasteiger partial charge in [-0.2, -0.15) is 0 Å². The van der Waals surface area contributed by atoms with Crippen molar-refractivity contribution in [1.29, 1.82) is 0 Å². The predicted molar refractivity (Wildman–Crippen MR) is 124 cm³/mol. The molecule has 35 heavy (non-hydrogen) atoms. The number of nitrogens with zero attached hydrogens (tertiary/aromatic N) is 1. The molecular weight excluding hydrogens is 481 g/mol. The highest BCUT2D eigenvalue weighted by molar-refractivity contribution is 7.89. The third kappa shape index (κ3) is 4.25. The van der Waals surface area contributed by atoms with E-state index in [9.17, 15) is 22.0 Å². The summed E-state index contributed by atoms with van der Waals surface area (Å²) in [5, 5.41) is 0. The Balaban J connectivity index is 1.53. The molecule has 2 aromatic rings. The normalized spacial score (nSPS) is 27.1. The number of halogens is 3. The van der Waals surface area contributed by atoms with Crippen molar-refractivity contribution in [3.63, 3.8) is 0 Å². The number of carbonyl (C=O) groups is 1. The summed E-state index contributed by atoms with van der Waals surface area (Å²) in [7, 11) is -4.26. The van der Waals surface area contributed by atoms with Crippen LogP contribution < -0.4 is 4.72 Å². The standard InChI is InChI=1S/C25H27F3N2O4S/c26-14-25(11-12-34-25)23(31)30-15-24(9-10-24)22(29-35(32,33)16-27)20(30)13-18-7-4-8-19(21(18)28)17-5-2-1-3-6-17/h1-8,20,22,29H,9-16H2/t20-,22+,25+/m0/s1. The molecule has 1 spiro atoms. The smallest absolute Gasteiger partial charge is 0.257 e. The molecule has 2 heterocycles. The van der Waals surface area contributed by atoms with E-state index in [0.29, 0.717) is 29.5 Å². The van der Waals surface area contributed by atoms with Crippen molar-refractivity contribution in [3.8, 4) is 11.1 Å². The molecule has 188 valence electrons. The third-order valence-electron chi connectivity index (χ3n) is 7.62. The lowest BCUT2D eigenvalue weighted by Crippen LogP contribution is -2.61. The number of likely N-dealkylation sites (tertiary alicyclic amines) is 1. The fourth-order valence-electron chi connectivity index (χ4n) is 5.40. The van der Waals surface area contributed by atoms with E-state index in [-0.39, 0.29) is 26.0 Å². The fourth-order valence-corrected chi connectivity index (χ4v) is 6.25. The molecule has 0 unspecified atom stereocenters. The molecule has 3 fully saturated rings. The molecule has 2 aliphatic heterocycles. The average Bonchev–Trinajstić information content (AvgIpc) is 3.55. The molecule has 10 heteroatoms. The van der Waals surface area contributed by atoms with Crippen LogP contribution in [0, 0.1) is 11.2 Å². The molecule has 2 saturated heterocycles. The summed E-state index contributed by atoms with van der Waals surface area (Å²) in [5.74, 6) is -1.04. The van der Waals surface area contributed by atoms with Crippen LogP contribution in [0.25, 0.3) is 11.1 Å². The van der Waals surface area contributed by atoms with Crippen molar-refractivity contribution in [3.05, 3.63) is 59.9 Å². The summed E-state index contributed by atoms with van der Waals surface area (Å²) < 4.78 is 75.0. The summed E-state index contributed by atoms with van der Waals surface area (Å²) in [6.45, 7) is -0.563. The summed E-state index contributed by atoms with van der Waals surface area (Å²) in [6, 6.07) is 10.7. The minimum absolute atomic E-state index is 0.0121. The quantitative estimate of drug-likeness (QED) is 0.594. The zero-order chi connectivity index (χ0) is 24.8. The van der Waals surface area contributed by atoms with Crippen LogP contribution >= 0.6 is 0 Å². The molecule has 0 aromatic heterocycles. The van der Waals surface area contributed by atoms with Crippen molar-refractivity contribution >= 4 is 15.9 Å². The van der Waals surface area contributed by atoms with E-state index in [2.05, 4.69) is 4.72 Å². The largest absolute Gasteiger partial charge is 0.362 e. The number of nitrogens with one attached hydrogen (secondary N) is 1. The zero-order valence-electron chi connectivity index (χ0n) is 19.1. The van der Waals surface area contributed by atoms with Crippen LogP contribution in [0.15, 0.2) is 48.5 Å². The maximum atomic E-state index is 15.7. The van der Waals surface area contributed by atoms with Gasteiger partial charge in [-0.05, 0) is 30.4 Å². The Bertz CT molecular complexity index is 1210. The number of benzene rings is 2. The van der Waals surface area contributed by atoms with E-state index in [4.69, 9.17) is 4.74 Å². The second-order valence-corrected chi connectivity index (χ2v) is 11.4. The van der Waals surface area contributed by atoms with Crippen LogP contribution in [0.3, 0.4) is 0 Å². The Hall–Kier alpha value is -2.43.